The van der Waals surface area contributed by atoms with Crippen molar-refractivity contribution >= 4 is 40.5 Å². The zero-order chi connectivity index (χ0) is 71.4. The van der Waals surface area contributed by atoms with E-state index in [4.69, 9.17) is 0 Å². The van der Waals surface area contributed by atoms with Gasteiger partial charge in [0, 0.05) is 117 Å². The second-order valence-electron chi connectivity index (χ2n) is 31.3. The lowest BCUT2D eigenvalue weighted by molar-refractivity contribution is -0.121. The van der Waals surface area contributed by atoms with Crippen LogP contribution in [-0.4, -0.2) is 80.0 Å². The van der Waals surface area contributed by atoms with Crippen LogP contribution < -0.4 is 0 Å². The molecule has 1 saturated heterocycles. The van der Waals surface area contributed by atoms with Crippen molar-refractivity contribution in [2.75, 3.05) is 19.6 Å². The second kappa shape index (κ2) is 43.0. The smallest absolute Gasteiger partial charge is 0.181 e. The van der Waals surface area contributed by atoms with Gasteiger partial charge in [0.25, 0.3) is 0 Å². The summed E-state index contributed by atoms with van der Waals surface area (Å²) >= 11 is 0. The van der Waals surface area contributed by atoms with E-state index in [-0.39, 0.29) is 56.4 Å². The Labute approximate surface area is 569 Å². The van der Waals surface area contributed by atoms with E-state index in [0.29, 0.717) is 73.3 Å². The molecule has 7 rings (SSSR count). The minimum absolute atomic E-state index is 0.0363. The van der Waals surface area contributed by atoms with Crippen molar-refractivity contribution < 1.29 is 33.6 Å². The van der Waals surface area contributed by atoms with Crippen LogP contribution in [0.5, 0.6) is 0 Å². The van der Waals surface area contributed by atoms with Gasteiger partial charge in [-0.05, 0) is 147 Å². The summed E-state index contributed by atoms with van der Waals surface area (Å²) in [6.07, 6.45) is 17.4. The summed E-state index contributed by atoms with van der Waals surface area (Å²) in [6.45, 7) is 48.6. The molecule has 11 nitrogen and oxygen atoms in total. The van der Waals surface area contributed by atoms with Crippen LogP contribution in [0, 0.1) is 67.1 Å². The van der Waals surface area contributed by atoms with E-state index < -0.39 is 0 Å². The van der Waals surface area contributed by atoms with Gasteiger partial charge in [-0.15, -0.1) is 0 Å². The summed E-state index contributed by atoms with van der Waals surface area (Å²) in [4.78, 5) is 95.9. The van der Waals surface area contributed by atoms with E-state index in [1.165, 1.54) is 32.4 Å². The number of likely N-dealkylation sites (tertiary alicyclic amines) is 1. The largest absolute Gasteiger partial charge is 0.303 e. The highest BCUT2D eigenvalue weighted by Gasteiger charge is 2.21. The van der Waals surface area contributed by atoms with Gasteiger partial charge in [-0.2, -0.15) is 0 Å². The number of pyridine rings is 3. The van der Waals surface area contributed by atoms with Crippen LogP contribution in [0.15, 0.2) is 140 Å². The van der Waals surface area contributed by atoms with Gasteiger partial charge in [-0.3, -0.25) is 48.5 Å². The van der Waals surface area contributed by atoms with Crippen LogP contribution in [0.2, 0.25) is 0 Å². The van der Waals surface area contributed by atoms with Crippen LogP contribution >= 0.6 is 0 Å². The lowest BCUT2D eigenvalue weighted by Crippen LogP contribution is -2.32. The van der Waals surface area contributed by atoms with Gasteiger partial charge in [0.1, 0.15) is 11.5 Å². The van der Waals surface area contributed by atoms with Crippen molar-refractivity contribution in [2.45, 2.75) is 223 Å². The summed E-state index contributed by atoms with van der Waals surface area (Å²) in [5.41, 5.74) is 9.27. The Kier molecular flexibility index (Phi) is 38.7. The van der Waals surface area contributed by atoms with Crippen molar-refractivity contribution in [3.05, 3.63) is 196 Å². The standard InChI is InChI=1S/C13H25NO.C12H17NO.3C12H16O.2C11H15NO/c1-13(2,3)11-12(15)7-10-14-8-5-4-6-9-14;1-9-5-10(8-13-7-9)11(14)6-12(2,3)4;3*1-9(2)7-12(13)11-6-4-5-10(3)8-11;1-11(2,3)7-10(13)9-5-4-6-12-8-9;1-11(2,3)8-10(13)9-6-4-5-7-12-9/h4-11H2,1-3H3;5,7-8H,6H2,1-4H3;3*4-6,8-9H,7H2,1-3H3;4-6,8H,7H2,1-3H3;4-7H,8H2,1-3H3. The van der Waals surface area contributed by atoms with E-state index in [1.807, 2.05) is 139 Å². The molecule has 0 saturated carbocycles. The van der Waals surface area contributed by atoms with E-state index >= 15 is 0 Å². The number of hydrogen-bond donors (Lipinski definition) is 0. The maximum absolute atomic E-state index is 11.8. The Hall–Kier alpha value is -7.24. The van der Waals surface area contributed by atoms with Gasteiger partial charge in [0.2, 0.25) is 0 Å². The molecule has 0 amide bonds. The summed E-state index contributed by atoms with van der Waals surface area (Å²) < 4.78 is 0. The Morgan fingerprint density at radius 2 is 0.766 bits per heavy atom. The first-order chi connectivity index (χ1) is 43.6. The van der Waals surface area contributed by atoms with E-state index in [9.17, 15) is 33.6 Å². The van der Waals surface area contributed by atoms with Crippen LogP contribution in [0.3, 0.4) is 0 Å². The third-order valence-electron chi connectivity index (χ3n) is 13.9. The number of nitrogens with zero attached hydrogens (tertiary/aromatic N) is 4. The molecule has 3 aromatic heterocycles. The molecule has 94 heavy (non-hydrogen) atoms. The molecule has 0 spiro atoms. The van der Waals surface area contributed by atoms with Crippen molar-refractivity contribution in [3.63, 3.8) is 0 Å². The fourth-order valence-corrected chi connectivity index (χ4v) is 9.57. The molecule has 514 valence electrons. The highest BCUT2D eigenvalue weighted by atomic mass is 16.1. The molecule has 0 radical (unpaired) electrons. The number of carbonyl (C=O) groups is 7. The molecule has 0 aliphatic carbocycles. The molecule has 0 bridgehead atoms. The molecule has 4 heterocycles. The Bertz CT molecular complexity index is 3000. The molecule has 0 unspecified atom stereocenters. The van der Waals surface area contributed by atoms with E-state index in [2.05, 4.69) is 124 Å². The molecule has 0 N–H and O–H groups in total. The van der Waals surface area contributed by atoms with Gasteiger partial charge in [0.15, 0.2) is 34.7 Å². The van der Waals surface area contributed by atoms with E-state index in [0.717, 1.165) is 63.9 Å². The molecule has 1 aliphatic heterocycles. The Balaban J connectivity index is 0.000000549. The van der Waals surface area contributed by atoms with Crippen molar-refractivity contribution in [1.29, 1.82) is 0 Å². The molecular formula is C83H120N4O7. The summed E-state index contributed by atoms with van der Waals surface area (Å²) in [6, 6.07) is 34.2. The number of benzene rings is 3. The first kappa shape index (κ1) is 84.8. The Morgan fingerprint density at radius 1 is 0.383 bits per heavy atom. The van der Waals surface area contributed by atoms with Crippen LogP contribution in [0.4, 0.5) is 0 Å². The molecule has 0 atom stereocenters. The van der Waals surface area contributed by atoms with Crippen molar-refractivity contribution in [3.8, 4) is 0 Å². The number of Topliss-reactive ketones (excluding diaryl/α,β-unsaturated/α-hetero) is 7. The summed E-state index contributed by atoms with van der Waals surface area (Å²) in [5, 5.41) is 0. The predicted molar refractivity (Wildman–Crippen MR) is 392 cm³/mol. The van der Waals surface area contributed by atoms with Crippen molar-refractivity contribution in [1.82, 2.24) is 19.9 Å². The SMILES string of the molecule is CC(C)(C)CC(=O)CCN1CCCCC1.CC(C)(C)CC(=O)c1ccccn1.CC(C)(C)CC(=O)c1cccnc1.Cc1cccc(C(=O)CC(C)C)c1.Cc1cccc(C(=O)CC(C)C)c1.Cc1cccc(C(=O)CC(C)C)c1.Cc1cncc(C(=O)CC(C)(C)C)c1. The number of hydrogen-bond acceptors (Lipinski definition) is 11. The average molecular weight is 1290 g/mol. The highest BCUT2D eigenvalue weighted by Crippen LogP contribution is 2.24. The summed E-state index contributed by atoms with van der Waals surface area (Å²) in [7, 11) is 0. The van der Waals surface area contributed by atoms with Crippen LogP contribution in [-0.2, 0) is 4.79 Å². The van der Waals surface area contributed by atoms with Gasteiger partial charge in [0.05, 0.1) is 0 Å². The average Bonchev–Trinajstić information content (AvgIpc) is 1.09. The maximum atomic E-state index is 11.8. The molecular weight excluding hydrogens is 1160 g/mol. The van der Waals surface area contributed by atoms with Crippen molar-refractivity contribution in [2.24, 2.45) is 39.4 Å². The topological polar surface area (TPSA) is 161 Å². The maximum Gasteiger partial charge on any atom is 0.181 e. The minimum Gasteiger partial charge on any atom is -0.303 e. The van der Waals surface area contributed by atoms with Gasteiger partial charge in [-0.25, -0.2) is 0 Å². The first-order valence-corrected chi connectivity index (χ1v) is 34.0. The summed E-state index contributed by atoms with van der Waals surface area (Å²) in [5.74, 6) is 2.95. The molecule has 6 aromatic rings. The Morgan fingerprint density at radius 3 is 1.12 bits per heavy atom. The normalized spacial score (nSPS) is 12.2. The molecule has 1 fully saturated rings. The number of ketones is 7. The molecule has 1 aliphatic rings. The quantitative estimate of drug-likeness (QED) is 0.0710. The highest BCUT2D eigenvalue weighted by molar-refractivity contribution is 5.98. The fourth-order valence-electron chi connectivity index (χ4n) is 9.57. The number of aryl methyl sites for hydroxylation is 4. The lowest BCUT2D eigenvalue weighted by atomic mass is 9.88. The van der Waals surface area contributed by atoms with Gasteiger partial charge in [-0.1, -0.05) is 208 Å². The zero-order valence-electron chi connectivity index (χ0n) is 62.1. The first-order valence-electron chi connectivity index (χ1n) is 34.0. The van der Waals surface area contributed by atoms with Crippen LogP contribution in [0.1, 0.15) is 280 Å². The minimum atomic E-state index is 0.0363. The van der Waals surface area contributed by atoms with Gasteiger partial charge < -0.3 is 4.90 Å². The van der Waals surface area contributed by atoms with Crippen LogP contribution in [0.25, 0.3) is 0 Å². The zero-order valence-corrected chi connectivity index (χ0v) is 62.1. The monoisotopic (exact) mass is 1280 g/mol. The van der Waals surface area contributed by atoms with E-state index in [1.54, 1.807) is 49.2 Å². The fraction of sp³-hybridized carbons (Fsp3) is 0.518. The second-order valence-corrected chi connectivity index (χ2v) is 31.3. The molecule has 3 aromatic carbocycles. The number of rotatable bonds is 19. The third-order valence-corrected chi connectivity index (χ3v) is 13.9. The number of aromatic nitrogens is 3. The molecule has 11 heteroatoms. The number of piperidine rings is 1. The third kappa shape index (κ3) is 42.9. The lowest BCUT2D eigenvalue weighted by Gasteiger charge is -2.26. The predicted octanol–water partition coefficient (Wildman–Crippen LogP) is 20.9. The van der Waals surface area contributed by atoms with Gasteiger partial charge >= 0.3 is 0 Å². The number of carbonyl (C=O) groups excluding carboxylic acids is 7.